The number of thiazole rings is 1. The second-order valence-electron chi connectivity index (χ2n) is 11.2. The number of nitrogens with zero attached hydrogens (tertiary/aromatic N) is 5. The number of β-lactam (4-membered cyclic amide) rings is 1. The lowest BCUT2D eigenvalue weighted by Crippen LogP contribution is -2.76. The summed E-state index contributed by atoms with van der Waals surface area (Å²) in [6.45, 7) is 5.09. The normalized spacial score (nSPS) is 18.3. The van der Waals surface area contributed by atoms with E-state index in [0.29, 0.717) is 16.8 Å². The third-order valence-corrected chi connectivity index (χ3v) is 8.29. The summed E-state index contributed by atoms with van der Waals surface area (Å²) >= 11 is 0.948. The number of hydroxylamine groups is 2. The van der Waals surface area contributed by atoms with E-state index in [1.807, 2.05) is 24.5 Å². The first-order chi connectivity index (χ1) is 22.7. The lowest BCUT2D eigenvalue weighted by atomic mass is 9.84. The molecule has 6 N–H and O–H groups in total. The number of carboxylic acids is 1. The number of rotatable bonds is 15. The molecule has 5 rings (SSSR count). The minimum absolute atomic E-state index is 0.0481. The number of hydrogen-bond donors (Lipinski definition) is 5. The molecule has 0 spiro atoms. The van der Waals surface area contributed by atoms with Gasteiger partial charge in [0.2, 0.25) is 10.4 Å². The second-order valence-corrected chi connectivity index (χ2v) is 13.1. The van der Waals surface area contributed by atoms with Crippen LogP contribution >= 0.6 is 11.3 Å². The van der Waals surface area contributed by atoms with Crippen LogP contribution < -0.4 is 31.0 Å². The number of nitrogens with two attached hydrogens (primary N) is 1. The van der Waals surface area contributed by atoms with Gasteiger partial charge in [0, 0.05) is 36.5 Å². The first-order valence-electron chi connectivity index (χ1n) is 14.2. The summed E-state index contributed by atoms with van der Waals surface area (Å²) in [5, 5.41) is 23.9. The van der Waals surface area contributed by atoms with Crippen molar-refractivity contribution in [3.8, 4) is 5.75 Å². The van der Waals surface area contributed by atoms with Crippen molar-refractivity contribution in [2.45, 2.75) is 38.1 Å². The largest absolute Gasteiger partial charge is 0.724 e. The fraction of sp³-hybridized carbons (Fsp3) is 0.370. The number of carbonyl (C=O) groups excluding carboxylic acids is 2. The van der Waals surface area contributed by atoms with E-state index in [0.717, 1.165) is 36.7 Å². The van der Waals surface area contributed by atoms with Gasteiger partial charge in [0.15, 0.2) is 29.8 Å². The molecule has 2 fully saturated rings. The number of nitrogen functional groups attached to an aromatic ring is 1. The van der Waals surface area contributed by atoms with Crippen LogP contribution in [-0.4, -0.2) is 94.0 Å². The molecule has 3 aromatic rings. The first-order valence-corrected chi connectivity index (χ1v) is 16.4. The van der Waals surface area contributed by atoms with Crippen molar-refractivity contribution in [2.75, 3.05) is 30.7 Å². The van der Waals surface area contributed by atoms with E-state index in [9.17, 15) is 32.5 Å². The molecule has 19 nitrogen and oxygen atoms in total. The van der Waals surface area contributed by atoms with Crippen LogP contribution in [0.15, 0.2) is 53.4 Å². The Bertz CT molecular complexity index is 1800. The van der Waals surface area contributed by atoms with Gasteiger partial charge in [-0.2, -0.15) is 9.35 Å². The maximum Gasteiger partial charge on any atom is 0.351 e. The highest BCUT2D eigenvalue weighted by Crippen LogP contribution is 2.33. The molecule has 21 heteroatoms. The Kier molecular flexibility index (Phi) is 10.0. The number of amides is 2. The van der Waals surface area contributed by atoms with Crippen molar-refractivity contribution < 1.29 is 50.9 Å². The van der Waals surface area contributed by atoms with Crippen molar-refractivity contribution >= 4 is 61.9 Å². The molecule has 2 amide bonds. The van der Waals surface area contributed by atoms with E-state index in [2.05, 4.69) is 39.9 Å². The van der Waals surface area contributed by atoms with Crippen LogP contribution in [0.5, 0.6) is 5.75 Å². The zero-order chi connectivity index (χ0) is 34.6. The molecular weight excluding hydrogens is 674 g/mol. The summed E-state index contributed by atoms with van der Waals surface area (Å²) in [4.78, 5) is 51.0. The van der Waals surface area contributed by atoms with Gasteiger partial charge in [-0.3, -0.25) is 9.59 Å². The number of aromatic nitrogens is 3. The van der Waals surface area contributed by atoms with Crippen molar-refractivity contribution in [3.05, 3.63) is 53.9 Å². The average molecular weight is 706 g/mol. The van der Waals surface area contributed by atoms with E-state index in [1.54, 1.807) is 12.1 Å². The fourth-order valence-corrected chi connectivity index (χ4v) is 5.57. The van der Waals surface area contributed by atoms with Crippen molar-refractivity contribution in [1.29, 1.82) is 0 Å². The average Bonchev–Trinajstić information content (AvgIpc) is 3.44. The zero-order valence-corrected chi connectivity index (χ0v) is 27.1. The molecule has 2 saturated heterocycles. The number of anilines is 3. The van der Waals surface area contributed by atoms with E-state index >= 15 is 0 Å². The summed E-state index contributed by atoms with van der Waals surface area (Å²) < 4.78 is 44.8. The van der Waals surface area contributed by atoms with Crippen molar-refractivity contribution in [3.63, 3.8) is 0 Å². The predicted octanol–water partition coefficient (Wildman–Crippen LogP) is -0.879. The Morgan fingerprint density at radius 1 is 1.29 bits per heavy atom. The van der Waals surface area contributed by atoms with Crippen LogP contribution in [0.3, 0.4) is 0 Å². The highest BCUT2D eigenvalue weighted by molar-refractivity contribution is 7.80. The minimum atomic E-state index is -5.27. The van der Waals surface area contributed by atoms with Crippen molar-refractivity contribution in [1.82, 2.24) is 25.7 Å². The molecule has 0 aromatic carbocycles. The standard InChI is InChI=1S/C27H31N9O10S2/c1-27(2)22(24(38)36(27)46-48(41,42)43)33-23(37)21(18-14-47-26(28)32-18)34-45-19(25(39)40)13-44-17-3-4-20(30-11-17)31-16-5-7-35(8-6-16)12-15-9-29-10-15/h3-8,11,14-15,19,22,29H,9-10,12-13H2,1-2H3,(H5,28,32,33,37,39,40,41,42,43)/b34-21-/t19?,22-/m1/s1. The number of aliphatic carboxylic acids is 1. The van der Waals surface area contributed by atoms with Gasteiger partial charge < -0.3 is 40.9 Å². The van der Waals surface area contributed by atoms with Crippen LogP contribution in [0.4, 0.5) is 16.6 Å². The van der Waals surface area contributed by atoms with Gasteiger partial charge in [0.25, 0.3) is 17.9 Å². The molecule has 2 aliphatic heterocycles. The maximum absolute atomic E-state index is 13.2. The zero-order valence-electron chi connectivity index (χ0n) is 25.4. The van der Waals surface area contributed by atoms with Gasteiger partial charge >= 0.3 is 5.97 Å². The number of hydrogen-bond acceptors (Lipinski definition) is 16. The van der Waals surface area contributed by atoms with Crippen molar-refractivity contribution in [2.24, 2.45) is 11.1 Å². The molecule has 48 heavy (non-hydrogen) atoms. The Labute approximate surface area is 277 Å². The van der Waals surface area contributed by atoms with E-state index in [4.69, 9.17) is 15.3 Å². The van der Waals surface area contributed by atoms with E-state index < -0.39 is 58.2 Å². The Morgan fingerprint density at radius 2 is 2.02 bits per heavy atom. The van der Waals surface area contributed by atoms with Gasteiger partial charge in [0.1, 0.15) is 29.9 Å². The lowest BCUT2D eigenvalue weighted by molar-refractivity contribution is -0.703. The number of carbonyl (C=O) groups is 3. The lowest BCUT2D eigenvalue weighted by Gasteiger charge is -2.51. The topological polar surface area (TPSA) is 264 Å². The van der Waals surface area contributed by atoms with Gasteiger partial charge in [-0.05, 0) is 26.0 Å². The van der Waals surface area contributed by atoms with Crippen LogP contribution in [0.2, 0.25) is 0 Å². The third-order valence-electron chi connectivity index (χ3n) is 7.28. The maximum atomic E-state index is 13.2. The van der Waals surface area contributed by atoms with Gasteiger partial charge in [-0.15, -0.1) is 11.3 Å². The van der Waals surface area contributed by atoms with Gasteiger partial charge in [-0.25, -0.2) is 27.7 Å². The van der Waals surface area contributed by atoms with Crippen LogP contribution in [0.25, 0.3) is 0 Å². The third kappa shape index (κ3) is 8.30. The van der Waals surface area contributed by atoms with Gasteiger partial charge in [0.05, 0.1) is 17.4 Å². The molecule has 0 radical (unpaired) electrons. The molecule has 0 aliphatic carbocycles. The molecule has 2 atom stereocenters. The van der Waals surface area contributed by atoms with Crippen LogP contribution in [0.1, 0.15) is 19.5 Å². The molecule has 3 aromatic heterocycles. The molecular formula is C27H31N9O10S2. The highest BCUT2D eigenvalue weighted by Gasteiger charge is 2.57. The summed E-state index contributed by atoms with van der Waals surface area (Å²) in [5.74, 6) is -2.18. The Balaban J connectivity index is 1.20. The molecule has 0 saturated carbocycles. The van der Waals surface area contributed by atoms with Crippen LogP contribution in [-0.2, 0) is 40.4 Å². The van der Waals surface area contributed by atoms with Gasteiger partial charge in [-0.1, -0.05) is 5.16 Å². The monoisotopic (exact) mass is 705 g/mol. The number of ether oxygens (including phenoxy) is 1. The summed E-state index contributed by atoms with van der Waals surface area (Å²) in [6.07, 6.45) is 3.64. The number of pyridine rings is 2. The van der Waals surface area contributed by atoms with Crippen LogP contribution in [0, 0.1) is 5.92 Å². The quantitative estimate of drug-likeness (QED) is 0.0321. The summed E-state index contributed by atoms with van der Waals surface area (Å²) in [7, 11) is -5.27. The van der Waals surface area contributed by atoms with E-state index in [-0.39, 0.29) is 16.6 Å². The molecule has 1 unspecified atom stereocenters. The smallest absolute Gasteiger partial charge is 0.351 e. The highest BCUT2D eigenvalue weighted by atomic mass is 32.3. The SMILES string of the molecule is CC1(C)[C@H](NC(=O)/C(=N\OC(COc2ccc(Nc3cc[n+](CC4CNC4)cc3)nc2)C(=O)O)c2csc(N)n2)C(=O)N1OS(=O)(=O)[O-]. The molecule has 5 heterocycles. The Morgan fingerprint density at radius 3 is 2.56 bits per heavy atom. The number of nitrogens with one attached hydrogen (secondary N) is 3. The fourth-order valence-electron chi connectivity index (χ4n) is 4.58. The molecule has 2 aliphatic rings. The minimum Gasteiger partial charge on any atom is -0.724 e. The first kappa shape index (κ1) is 34.4. The number of carboxylic acid groups (broad SMARTS) is 1. The summed E-state index contributed by atoms with van der Waals surface area (Å²) in [5.41, 5.74) is 4.40. The summed E-state index contributed by atoms with van der Waals surface area (Å²) in [6, 6.07) is 5.71. The van der Waals surface area contributed by atoms with E-state index in [1.165, 1.54) is 25.4 Å². The number of oxime groups is 1. The molecule has 0 bridgehead atoms. The predicted molar refractivity (Wildman–Crippen MR) is 165 cm³/mol. The molecule has 256 valence electrons. The second kappa shape index (κ2) is 14.0. The Hall–Kier alpha value is -4.96.